The molecule has 6 nitrogen and oxygen atoms in total. The Bertz CT molecular complexity index is 482. The maximum Gasteiger partial charge on any atom is 0.314 e. The van der Waals surface area contributed by atoms with Crippen LogP contribution in [0.2, 0.25) is 0 Å². The van der Waals surface area contributed by atoms with Crippen LogP contribution in [-0.4, -0.2) is 55.8 Å². The van der Waals surface area contributed by atoms with Crippen LogP contribution in [0.3, 0.4) is 0 Å². The molecule has 0 aliphatic carbocycles. The highest BCUT2D eigenvalue weighted by atomic mass is 35.6. The number of ether oxygens (including phenoxy) is 1. The van der Waals surface area contributed by atoms with E-state index in [1.165, 1.54) is 16.7 Å². The van der Waals surface area contributed by atoms with Gasteiger partial charge in [-0.1, -0.05) is 40.0 Å². The van der Waals surface area contributed by atoms with Crippen molar-refractivity contribution in [3.05, 3.63) is 0 Å². The summed E-state index contributed by atoms with van der Waals surface area (Å²) in [4.78, 5) is 25.2. The van der Waals surface area contributed by atoms with Crippen LogP contribution < -0.4 is 0 Å². The molecule has 20 heavy (non-hydrogen) atoms. The Labute approximate surface area is 134 Å². The van der Waals surface area contributed by atoms with E-state index in [1.807, 2.05) is 0 Å². The molecule has 2 rings (SSSR count). The minimum absolute atomic E-state index is 0.103. The van der Waals surface area contributed by atoms with E-state index in [0.717, 1.165) is 0 Å². The molecule has 1 unspecified atom stereocenters. The Hall–Kier alpha value is -0.370. The van der Waals surface area contributed by atoms with Gasteiger partial charge in [0.15, 0.2) is 5.71 Å². The van der Waals surface area contributed by atoms with Crippen LogP contribution in [0.4, 0.5) is 0 Å². The fourth-order valence-corrected chi connectivity index (χ4v) is 3.54. The van der Waals surface area contributed by atoms with Gasteiger partial charge in [-0.2, -0.15) is 0 Å². The lowest BCUT2D eigenvalue weighted by molar-refractivity contribution is -0.156. The number of rotatable bonds is 2. The van der Waals surface area contributed by atoms with Crippen molar-refractivity contribution in [2.45, 2.75) is 16.1 Å². The van der Waals surface area contributed by atoms with E-state index in [9.17, 15) is 9.59 Å². The summed E-state index contributed by atoms with van der Waals surface area (Å²) >= 11 is 17.9. The number of oxime groups is 1. The number of alkyl halides is 3. The number of β-lactam (4-membered cyclic amide) rings is 1. The summed E-state index contributed by atoms with van der Waals surface area (Å²) in [7, 11) is 0. The predicted molar refractivity (Wildman–Crippen MR) is 76.5 cm³/mol. The molecule has 0 aromatic carbocycles. The van der Waals surface area contributed by atoms with E-state index in [0.29, 0.717) is 5.75 Å². The first-order valence-corrected chi connectivity index (χ1v) is 7.75. The van der Waals surface area contributed by atoms with Gasteiger partial charge in [0.05, 0.1) is 5.41 Å². The summed E-state index contributed by atoms with van der Waals surface area (Å²) in [5.74, 6) is -0.499. The zero-order valence-electron chi connectivity index (χ0n) is 10.3. The van der Waals surface area contributed by atoms with Crippen LogP contribution in [0.15, 0.2) is 5.16 Å². The van der Waals surface area contributed by atoms with Gasteiger partial charge < -0.3 is 14.8 Å². The average molecular weight is 362 g/mol. The topological polar surface area (TPSA) is 79.2 Å². The number of carbonyl (C=O) groups excluding carboxylic acids is 2. The second-order valence-electron chi connectivity index (χ2n) is 4.83. The second kappa shape index (κ2) is 5.44. The van der Waals surface area contributed by atoms with Crippen LogP contribution in [0.5, 0.6) is 0 Å². The van der Waals surface area contributed by atoms with Crippen molar-refractivity contribution < 1.29 is 19.5 Å². The molecular weight excluding hydrogens is 351 g/mol. The molecule has 10 heteroatoms. The number of hydrogen-bond acceptors (Lipinski definition) is 6. The van der Waals surface area contributed by atoms with Gasteiger partial charge in [0.2, 0.25) is 3.79 Å². The van der Waals surface area contributed by atoms with Gasteiger partial charge in [0.25, 0.3) is 5.91 Å². The minimum atomic E-state index is -1.67. The summed E-state index contributed by atoms with van der Waals surface area (Å²) in [6, 6.07) is 0. The number of fused-ring (bicyclic) bond motifs is 1. The molecule has 2 aliphatic heterocycles. The van der Waals surface area contributed by atoms with Crippen LogP contribution in [0.25, 0.3) is 0 Å². The quantitative estimate of drug-likeness (QED) is 0.266. The Balaban J connectivity index is 2.00. The first kappa shape index (κ1) is 16.0. The zero-order chi connectivity index (χ0) is 15.1. The molecule has 0 radical (unpaired) electrons. The number of amides is 1. The van der Waals surface area contributed by atoms with Crippen molar-refractivity contribution in [3.8, 4) is 0 Å². The predicted octanol–water partition coefficient (Wildman–Crippen LogP) is 1.65. The average Bonchev–Trinajstić information content (AvgIpc) is 2.36. The van der Waals surface area contributed by atoms with Crippen molar-refractivity contribution in [1.29, 1.82) is 0 Å². The van der Waals surface area contributed by atoms with E-state index < -0.39 is 15.2 Å². The van der Waals surface area contributed by atoms with E-state index in [1.54, 1.807) is 6.92 Å². The van der Waals surface area contributed by atoms with E-state index in [-0.39, 0.29) is 30.1 Å². The van der Waals surface area contributed by atoms with Crippen LogP contribution >= 0.6 is 46.6 Å². The van der Waals surface area contributed by atoms with Gasteiger partial charge in [0, 0.05) is 12.3 Å². The second-order valence-corrected chi connectivity index (χ2v) is 8.42. The van der Waals surface area contributed by atoms with Crippen molar-refractivity contribution in [3.63, 3.8) is 0 Å². The molecule has 1 amide bonds. The number of thioether (sulfide) groups is 1. The highest BCUT2D eigenvalue weighted by Crippen LogP contribution is 2.41. The van der Waals surface area contributed by atoms with Gasteiger partial charge in [-0.05, 0) is 6.92 Å². The molecule has 1 N–H and O–H groups in total. The molecule has 2 fully saturated rings. The molecule has 112 valence electrons. The third kappa shape index (κ3) is 2.95. The van der Waals surface area contributed by atoms with Crippen LogP contribution in [0.1, 0.15) is 6.92 Å². The van der Waals surface area contributed by atoms with E-state index >= 15 is 0 Å². The summed E-state index contributed by atoms with van der Waals surface area (Å²) < 4.78 is 3.31. The Morgan fingerprint density at radius 3 is 2.85 bits per heavy atom. The molecule has 0 saturated carbocycles. The number of esters is 1. The monoisotopic (exact) mass is 360 g/mol. The van der Waals surface area contributed by atoms with Crippen molar-refractivity contribution >= 4 is 64.2 Å². The molecule has 0 spiro atoms. The van der Waals surface area contributed by atoms with Crippen molar-refractivity contribution in [2.75, 3.05) is 18.9 Å². The number of hydrogen-bond donors (Lipinski definition) is 1. The number of halogens is 3. The molecule has 2 aliphatic rings. The molecule has 2 saturated heterocycles. The van der Waals surface area contributed by atoms with Gasteiger partial charge in [-0.15, -0.1) is 11.8 Å². The number of nitrogens with zero attached hydrogens (tertiary/aromatic N) is 2. The molecular formula is C10H11Cl3N2O4S. The highest BCUT2D eigenvalue weighted by molar-refractivity contribution is 8.01. The van der Waals surface area contributed by atoms with Gasteiger partial charge in [0.1, 0.15) is 12.0 Å². The zero-order valence-corrected chi connectivity index (χ0v) is 13.4. The van der Waals surface area contributed by atoms with Crippen LogP contribution in [-0.2, 0) is 14.3 Å². The minimum Gasteiger partial charge on any atom is -0.461 e. The lowest BCUT2D eigenvalue weighted by Crippen LogP contribution is -2.66. The molecule has 0 aromatic rings. The smallest absolute Gasteiger partial charge is 0.314 e. The summed E-state index contributed by atoms with van der Waals surface area (Å²) in [6.45, 7) is 1.51. The first-order chi connectivity index (χ1) is 9.18. The SMILES string of the molecule is CC1(C(=O)OCC(Cl)(Cl)Cl)CS[C@@H]2C(=NO)C(=O)N2C1. The molecule has 0 aromatic heterocycles. The van der Waals surface area contributed by atoms with Crippen molar-refractivity contribution in [2.24, 2.45) is 10.6 Å². The fourth-order valence-electron chi connectivity index (χ4n) is 1.99. The van der Waals surface area contributed by atoms with E-state index in [4.69, 9.17) is 44.7 Å². The lowest BCUT2D eigenvalue weighted by atomic mass is 9.90. The standard InChI is InChI=1S/C10H11Cl3N2O4S/c1-9(8(17)19-3-10(11,12)13)2-15-6(16)5(14-18)7(15)20-4-9/h7,18H,2-4H2,1H3/t7-,9?/m1/s1. The Morgan fingerprint density at radius 2 is 2.30 bits per heavy atom. The van der Waals surface area contributed by atoms with Crippen LogP contribution in [0, 0.1) is 5.41 Å². The molecule has 2 atom stereocenters. The third-order valence-electron chi connectivity index (χ3n) is 3.04. The summed E-state index contributed by atoms with van der Waals surface area (Å²) in [5, 5.41) is 11.4. The molecule has 2 heterocycles. The summed E-state index contributed by atoms with van der Waals surface area (Å²) in [6.07, 6.45) is 0. The largest absolute Gasteiger partial charge is 0.461 e. The Kier molecular flexibility index (Phi) is 4.35. The third-order valence-corrected chi connectivity index (χ3v) is 4.97. The number of carbonyl (C=O) groups is 2. The van der Waals surface area contributed by atoms with Gasteiger partial charge in [-0.25, -0.2) is 0 Å². The maximum atomic E-state index is 12.1. The normalized spacial score (nSPS) is 31.8. The summed E-state index contributed by atoms with van der Waals surface area (Å²) in [5.41, 5.74) is -0.778. The van der Waals surface area contributed by atoms with Crippen molar-refractivity contribution in [1.82, 2.24) is 4.90 Å². The fraction of sp³-hybridized carbons (Fsp3) is 0.700. The Morgan fingerprint density at radius 1 is 1.65 bits per heavy atom. The maximum absolute atomic E-state index is 12.1. The first-order valence-electron chi connectivity index (χ1n) is 5.56. The lowest BCUT2D eigenvalue weighted by Gasteiger charge is -2.48. The van der Waals surface area contributed by atoms with E-state index in [2.05, 4.69) is 5.16 Å². The van der Waals surface area contributed by atoms with Gasteiger partial charge >= 0.3 is 5.97 Å². The molecule has 0 bridgehead atoms. The van der Waals surface area contributed by atoms with Gasteiger partial charge in [-0.3, -0.25) is 9.59 Å². The highest BCUT2D eigenvalue weighted by Gasteiger charge is 2.54.